The van der Waals surface area contributed by atoms with Crippen molar-refractivity contribution >= 4 is 11.8 Å². The number of amides is 2. The first-order chi connectivity index (χ1) is 13.2. The average molecular weight is 363 g/mol. The van der Waals surface area contributed by atoms with Gasteiger partial charge in [0.25, 0.3) is 5.91 Å². The van der Waals surface area contributed by atoms with Gasteiger partial charge in [-0.25, -0.2) is 0 Å². The van der Waals surface area contributed by atoms with Crippen molar-refractivity contribution in [3.63, 3.8) is 0 Å². The number of carbonyl (C=O) groups excluding carboxylic acids is 2. The fraction of sp³-hybridized carbons (Fsp3) is 0.318. The molecule has 5 nitrogen and oxygen atoms in total. The molecule has 1 fully saturated rings. The van der Waals surface area contributed by atoms with Crippen LogP contribution >= 0.6 is 0 Å². The van der Waals surface area contributed by atoms with Gasteiger partial charge in [0.1, 0.15) is 5.69 Å². The van der Waals surface area contributed by atoms with Crippen LogP contribution in [0, 0.1) is 0 Å². The van der Waals surface area contributed by atoms with Crippen molar-refractivity contribution < 1.29 is 9.59 Å². The minimum absolute atomic E-state index is 0.0412. The Labute approximate surface area is 160 Å². The van der Waals surface area contributed by atoms with Gasteiger partial charge in [0.05, 0.1) is 0 Å². The molecule has 0 atom stereocenters. The van der Waals surface area contributed by atoms with Crippen molar-refractivity contribution in [3.05, 3.63) is 67.0 Å². The summed E-state index contributed by atoms with van der Waals surface area (Å²) < 4.78 is 0. The third-order valence-corrected chi connectivity index (χ3v) is 4.76. The van der Waals surface area contributed by atoms with Crippen LogP contribution < -0.4 is 0 Å². The third kappa shape index (κ3) is 4.82. The fourth-order valence-electron chi connectivity index (χ4n) is 3.32. The largest absolute Gasteiger partial charge is 0.342 e. The Balaban J connectivity index is 1.61. The summed E-state index contributed by atoms with van der Waals surface area (Å²) in [6, 6.07) is 13.7. The minimum Gasteiger partial charge on any atom is -0.342 e. The molecule has 1 aliphatic rings. The van der Waals surface area contributed by atoms with Gasteiger partial charge in [0, 0.05) is 44.4 Å². The third-order valence-electron chi connectivity index (χ3n) is 4.76. The molecule has 0 N–H and O–H groups in total. The van der Waals surface area contributed by atoms with Gasteiger partial charge in [-0.3, -0.25) is 14.6 Å². The van der Waals surface area contributed by atoms with E-state index in [2.05, 4.69) is 11.6 Å². The van der Waals surface area contributed by atoms with E-state index >= 15 is 0 Å². The molecule has 1 aliphatic heterocycles. The molecular weight excluding hydrogens is 338 g/mol. The number of pyridine rings is 1. The second kappa shape index (κ2) is 9.12. The van der Waals surface area contributed by atoms with Gasteiger partial charge in [-0.2, -0.15) is 0 Å². The highest BCUT2D eigenvalue weighted by Crippen LogP contribution is 2.18. The Hall–Kier alpha value is -2.95. The Morgan fingerprint density at radius 3 is 2.19 bits per heavy atom. The van der Waals surface area contributed by atoms with Crippen LogP contribution in [0.4, 0.5) is 0 Å². The monoisotopic (exact) mass is 363 g/mol. The molecule has 0 radical (unpaired) electrons. The maximum Gasteiger partial charge on any atom is 0.272 e. The van der Waals surface area contributed by atoms with Crippen LogP contribution in [0.15, 0.2) is 61.3 Å². The van der Waals surface area contributed by atoms with Crippen LogP contribution in [-0.4, -0.2) is 52.8 Å². The molecule has 1 saturated heterocycles. The molecule has 27 heavy (non-hydrogen) atoms. The average Bonchev–Trinajstić information content (AvgIpc) is 2.68. The van der Waals surface area contributed by atoms with Gasteiger partial charge in [-0.05, 0) is 24.5 Å². The molecule has 1 aromatic heterocycles. The first kappa shape index (κ1) is 18.8. The van der Waals surface area contributed by atoms with Crippen LogP contribution in [0.5, 0.6) is 0 Å². The zero-order valence-corrected chi connectivity index (χ0v) is 15.5. The smallest absolute Gasteiger partial charge is 0.272 e. The maximum absolute atomic E-state index is 12.8. The van der Waals surface area contributed by atoms with Gasteiger partial charge in [-0.1, -0.05) is 42.5 Å². The number of carbonyl (C=O) groups is 2. The number of aromatic nitrogens is 1. The molecule has 1 aromatic carbocycles. The molecule has 0 bridgehead atoms. The lowest BCUT2D eigenvalue weighted by molar-refractivity contribution is -0.130. The van der Waals surface area contributed by atoms with Crippen LogP contribution in [0.25, 0.3) is 11.1 Å². The van der Waals surface area contributed by atoms with E-state index in [0.29, 0.717) is 38.3 Å². The maximum atomic E-state index is 12.8. The molecule has 5 heteroatoms. The number of hydrogen-bond acceptors (Lipinski definition) is 3. The molecule has 0 aliphatic carbocycles. The first-order valence-corrected chi connectivity index (χ1v) is 9.38. The van der Waals surface area contributed by atoms with Gasteiger partial charge >= 0.3 is 0 Å². The zero-order chi connectivity index (χ0) is 19.1. The lowest BCUT2D eigenvalue weighted by Crippen LogP contribution is -2.41. The highest BCUT2D eigenvalue weighted by atomic mass is 16.2. The number of benzene rings is 1. The Bertz CT molecular complexity index is 777. The minimum atomic E-state index is -0.0412. The second-order valence-corrected chi connectivity index (χ2v) is 6.67. The van der Waals surface area contributed by atoms with Crippen LogP contribution in [0.3, 0.4) is 0 Å². The topological polar surface area (TPSA) is 53.5 Å². The first-order valence-electron chi connectivity index (χ1n) is 9.38. The van der Waals surface area contributed by atoms with Gasteiger partial charge in [0.2, 0.25) is 5.91 Å². The molecule has 2 amide bonds. The SMILES string of the molecule is C=CCC(=O)N1CCCN(C(=O)c2ccc(-c3ccccc3)cn2)CCC1. The summed E-state index contributed by atoms with van der Waals surface area (Å²) in [7, 11) is 0. The predicted octanol–water partition coefficient (Wildman–Crippen LogP) is 3.39. The molecule has 140 valence electrons. The van der Waals surface area contributed by atoms with Crippen molar-refractivity contribution in [1.29, 1.82) is 0 Å². The van der Waals surface area contributed by atoms with Crippen molar-refractivity contribution in [2.24, 2.45) is 0 Å². The highest BCUT2D eigenvalue weighted by molar-refractivity contribution is 5.92. The van der Waals surface area contributed by atoms with E-state index in [4.69, 9.17) is 0 Å². The van der Waals surface area contributed by atoms with E-state index in [-0.39, 0.29) is 11.8 Å². The summed E-state index contributed by atoms with van der Waals surface area (Å²) in [6.07, 6.45) is 5.32. The van der Waals surface area contributed by atoms with Crippen LogP contribution in [0.1, 0.15) is 29.8 Å². The Morgan fingerprint density at radius 2 is 1.59 bits per heavy atom. The molecular formula is C22H25N3O2. The predicted molar refractivity (Wildman–Crippen MR) is 106 cm³/mol. The normalized spacial score (nSPS) is 15.0. The standard InChI is InChI=1S/C22H25N3O2/c1-2-8-21(26)24-13-6-15-25(16-7-14-24)22(27)20-12-11-19(17-23-20)18-9-4-3-5-10-18/h2-5,9-12,17H,1,6-8,13-16H2. The lowest BCUT2D eigenvalue weighted by atomic mass is 10.1. The molecule has 2 aromatic rings. The molecule has 3 rings (SSSR count). The van der Waals surface area contributed by atoms with E-state index in [1.165, 1.54) is 0 Å². The number of hydrogen-bond donors (Lipinski definition) is 0. The summed E-state index contributed by atoms with van der Waals surface area (Å²) in [6.45, 7) is 6.25. The van der Waals surface area contributed by atoms with Gasteiger partial charge in [-0.15, -0.1) is 6.58 Å². The van der Waals surface area contributed by atoms with E-state index in [1.807, 2.05) is 46.2 Å². The lowest BCUT2D eigenvalue weighted by Gasteiger charge is -2.30. The molecule has 2 heterocycles. The second-order valence-electron chi connectivity index (χ2n) is 6.67. The summed E-state index contributed by atoms with van der Waals surface area (Å²) >= 11 is 0. The Morgan fingerprint density at radius 1 is 0.926 bits per heavy atom. The Kier molecular flexibility index (Phi) is 6.36. The van der Waals surface area contributed by atoms with Gasteiger partial charge < -0.3 is 9.80 Å². The van der Waals surface area contributed by atoms with Crippen LogP contribution in [-0.2, 0) is 4.79 Å². The van der Waals surface area contributed by atoms with E-state index in [9.17, 15) is 9.59 Å². The van der Waals surface area contributed by atoms with Crippen molar-refractivity contribution in [2.45, 2.75) is 19.3 Å². The summed E-state index contributed by atoms with van der Waals surface area (Å²) in [4.78, 5) is 32.9. The van der Waals surface area contributed by atoms with E-state index < -0.39 is 0 Å². The zero-order valence-electron chi connectivity index (χ0n) is 15.5. The van der Waals surface area contributed by atoms with Gasteiger partial charge in [0.15, 0.2) is 0 Å². The van der Waals surface area contributed by atoms with E-state index in [0.717, 1.165) is 24.0 Å². The van der Waals surface area contributed by atoms with Crippen LogP contribution in [0.2, 0.25) is 0 Å². The van der Waals surface area contributed by atoms with E-state index in [1.54, 1.807) is 18.3 Å². The van der Waals surface area contributed by atoms with Crippen molar-refractivity contribution in [1.82, 2.24) is 14.8 Å². The summed E-state index contributed by atoms with van der Waals surface area (Å²) in [5.41, 5.74) is 2.55. The van der Waals surface area contributed by atoms with Crippen molar-refractivity contribution in [3.8, 4) is 11.1 Å². The highest BCUT2D eigenvalue weighted by Gasteiger charge is 2.21. The summed E-state index contributed by atoms with van der Waals surface area (Å²) in [5, 5.41) is 0. The fourth-order valence-corrected chi connectivity index (χ4v) is 3.32. The van der Waals surface area contributed by atoms with Crippen molar-refractivity contribution in [2.75, 3.05) is 26.2 Å². The molecule has 0 spiro atoms. The summed E-state index contributed by atoms with van der Waals surface area (Å²) in [5.74, 6) is 0.0726. The molecule has 0 saturated carbocycles. The number of rotatable bonds is 4. The quantitative estimate of drug-likeness (QED) is 0.783. The molecule has 0 unspecified atom stereocenters. The number of nitrogens with zero attached hydrogens (tertiary/aromatic N) is 3.